The van der Waals surface area contributed by atoms with Gasteiger partial charge in [0.15, 0.2) is 0 Å². The number of hydrogen-bond donors (Lipinski definition) is 1. The van der Waals surface area contributed by atoms with E-state index in [4.69, 9.17) is 5.73 Å². The number of carbonyl (C=O) groups excluding carboxylic acids is 1. The first-order valence-electron chi connectivity index (χ1n) is 6.90. The van der Waals surface area contributed by atoms with Crippen LogP contribution in [0.2, 0.25) is 0 Å². The van der Waals surface area contributed by atoms with Gasteiger partial charge in [0.2, 0.25) is 5.91 Å². The molecule has 1 aliphatic heterocycles. The van der Waals surface area contributed by atoms with Crippen LogP contribution in [0.4, 0.5) is 5.69 Å². The third kappa shape index (κ3) is 3.44. The monoisotopic (exact) mass is 278 g/mol. The highest BCUT2D eigenvalue weighted by atomic mass is 32.2. The van der Waals surface area contributed by atoms with Crippen LogP contribution in [0, 0.1) is 6.92 Å². The number of para-hydroxylation sites is 1. The zero-order chi connectivity index (χ0) is 13.8. The van der Waals surface area contributed by atoms with Crippen molar-refractivity contribution in [2.24, 2.45) is 0 Å². The predicted octanol–water partition coefficient (Wildman–Crippen LogP) is 3.07. The van der Waals surface area contributed by atoms with Crippen LogP contribution in [-0.2, 0) is 4.79 Å². The second-order valence-corrected chi connectivity index (χ2v) is 6.52. The van der Waals surface area contributed by atoms with Crippen molar-refractivity contribution in [2.45, 2.75) is 43.3 Å². The zero-order valence-electron chi connectivity index (χ0n) is 11.7. The smallest absolute Gasteiger partial charge is 0.235 e. The van der Waals surface area contributed by atoms with Gasteiger partial charge in [-0.25, -0.2) is 0 Å². The summed E-state index contributed by atoms with van der Waals surface area (Å²) in [5, 5.41) is -0.0674. The summed E-state index contributed by atoms with van der Waals surface area (Å²) in [6.07, 6.45) is 3.52. The predicted molar refractivity (Wildman–Crippen MR) is 81.3 cm³/mol. The van der Waals surface area contributed by atoms with Gasteiger partial charge in [-0.05, 0) is 44.7 Å². The van der Waals surface area contributed by atoms with Crippen molar-refractivity contribution >= 4 is 23.4 Å². The first-order chi connectivity index (χ1) is 9.09. The minimum atomic E-state index is -0.0674. The van der Waals surface area contributed by atoms with Crippen LogP contribution in [-0.4, -0.2) is 29.1 Å². The Kier molecular flexibility index (Phi) is 4.75. The molecule has 1 fully saturated rings. The first-order valence-corrected chi connectivity index (χ1v) is 7.78. The summed E-state index contributed by atoms with van der Waals surface area (Å²) in [5.41, 5.74) is 7.93. The van der Waals surface area contributed by atoms with Crippen LogP contribution >= 0.6 is 11.8 Å². The Morgan fingerprint density at radius 1 is 1.32 bits per heavy atom. The number of nitrogens with zero attached hydrogens (tertiary/aromatic N) is 1. The molecule has 0 radical (unpaired) electrons. The number of hydrogen-bond acceptors (Lipinski definition) is 3. The van der Waals surface area contributed by atoms with Gasteiger partial charge in [-0.3, -0.25) is 4.79 Å². The molecule has 1 amide bonds. The SMILES string of the molecule is Cc1cccc(SC(C)C(=O)N2CCCCC2)c1N. The molecule has 1 atom stereocenters. The van der Waals surface area contributed by atoms with Crippen LogP contribution in [0.1, 0.15) is 31.7 Å². The number of nitrogens with two attached hydrogens (primary N) is 1. The fraction of sp³-hybridized carbons (Fsp3) is 0.533. The number of likely N-dealkylation sites (tertiary alicyclic amines) is 1. The number of aryl methyl sites for hydroxylation is 1. The van der Waals surface area contributed by atoms with Crippen molar-refractivity contribution < 1.29 is 4.79 Å². The summed E-state index contributed by atoms with van der Waals surface area (Å²) >= 11 is 1.57. The third-order valence-electron chi connectivity index (χ3n) is 3.60. The maximum absolute atomic E-state index is 12.4. The second-order valence-electron chi connectivity index (χ2n) is 5.13. The van der Waals surface area contributed by atoms with Crippen molar-refractivity contribution in [3.05, 3.63) is 23.8 Å². The molecule has 0 aliphatic carbocycles. The third-order valence-corrected chi connectivity index (χ3v) is 4.77. The van der Waals surface area contributed by atoms with E-state index in [-0.39, 0.29) is 11.2 Å². The molecule has 4 heteroatoms. The number of carbonyl (C=O) groups is 1. The van der Waals surface area contributed by atoms with E-state index in [1.807, 2.05) is 36.9 Å². The molecule has 2 N–H and O–H groups in total. The lowest BCUT2D eigenvalue weighted by molar-refractivity contribution is -0.131. The van der Waals surface area contributed by atoms with Gasteiger partial charge in [0.1, 0.15) is 0 Å². The van der Waals surface area contributed by atoms with E-state index < -0.39 is 0 Å². The van der Waals surface area contributed by atoms with Gasteiger partial charge in [0.05, 0.1) is 5.25 Å². The van der Waals surface area contributed by atoms with Gasteiger partial charge < -0.3 is 10.6 Å². The fourth-order valence-corrected chi connectivity index (χ4v) is 3.44. The van der Waals surface area contributed by atoms with E-state index >= 15 is 0 Å². The molecule has 3 nitrogen and oxygen atoms in total. The molecule has 104 valence electrons. The number of amides is 1. The molecule has 0 saturated carbocycles. The number of rotatable bonds is 3. The topological polar surface area (TPSA) is 46.3 Å². The molecule has 0 aromatic heterocycles. The van der Waals surface area contributed by atoms with Gasteiger partial charge in [0, 0.05) is 23.7 Å². The van der Waals surface area contributed by atoms with Crippen LogP contribution in [0.3, 0.4) is 0 Å². The summed E-state index contributed by atoms with van der Waals surface area (Å²) in [6.45, 7) is 5.79. The van der Waals surface area contributed by atoms with Gasteiger partial charge in [-0.2, -0.15) is 0 Å². The molecule has 1 aromatic carbocycles. The molecule has 19 heavy (non-hydrogen) atoms. The van der Waals surface area contributed by atoms with E-state index in [9.17, 15) is 4.79 Å². The average molecular weight is 278 g/mol. The number of benzene rings is 1. The average Bonchev–Trinajstić information content (AvgIpc) is 2.44. The van der Waals surface area contributed by atoms with Crippen molar-refractivity contribution in [1.29, 1.82) is 0 Å². The summed E-state index contributed by atoms with van der Waals surface area (Å²) in [7, 11) is 0. The maximum Gasteiger partial charge on any atom is 0.235 e. The summed E-state index contributed by atoms with van der Waals surface area (Å²) in [6, 6.07) is 5.98. The van der Waals surface area contributed by atoms with E-state index in [0.717, 1.165) is 42.1 Å². The Morgan fingerprint density at radius 2 is 2.00 bits per heavy atom. The van der Waals surface area contributed by atoms with Crippen molar-refractivity contribution in [1.82, 2.24) is 4.90 Å². The Balaban J connectivity index is 2.01. The minimum absolute atomic E-state index is 0.0674. The molecule has 1 unspecified atom stereocenters. The Hall–Kier alpha value is -1.16. The second kappa shape index (κ2) is 6.33. The standard InChI is InChI=1S/C15H22N2OS/c1-11-7-6-8-13(14(11)16)19-12(2)15(18)17-9-4-3-5-10-17/h6-8,12H,3-5,9-10,16H2,1-2H3. The highest BCUT2D eigenvalue weighted by molar-refractivity contribution is 8.00. The molecule has 1 aliphatic rings. The summed E-state index contributed by atoms with van der Waals surface area (Å²) in [4.78, 5) is 15.4. The molecule has 1 heterocycles. The maximum atomic E-state index is 12.4. The highest BCUT2D eigenvalue weighted by Crippen LogP contribution is 2.31. The van der Waals surface area contributed by atoms with Gasteiger partial charge in [-0.1, -0.05) is 12.1 Å². The van der Waals surface area contributed by atoms with Crippen LogP contribution in [0.25, 0.3) is 0 Å². The van der Waals surface area contributed by atoms with Crippen LogP contribution in [0.15, 0.2) is 23.1 Å². The Labute approximate surface area is 119 Å². The largest absolute Gasteiger partial charge is 0.398 e. The summed E-state index contributed by atoms with van der Waals surface area (Å²) in [5.74, 6) is 0.241. The van der Waals surface area contributed by atoms with Crippen LogP contribution < -0.4 is 5.73 Å². The quantitative estimate of drug-likeness (QED) is 0.683. The van der Waals surface area contributed by atoms with Gasteiger partial charge in [-0.15, -0.1) is 11.8 Å². The van der Waals surface area contributed by atoms with E-state index in [2.05, 4.69) is 0 Å². The number of thioether (sulfide) groups is 1. The molecule has 0 bridgehead atoms. The highest BCUT2D eigenvalue weighted by Gasteiger charge is 2.23. The Morgan fingerprint density at radius 3 is 2.68 bits per heavy atom. The lowest BCUT2D eigenvalue weighted by Gasteiger charge is -2.29. The van der Waals surface area contributed by atoms with E-state index in [1.54, 1.807) is 11.8 Å². The van der Waals surface area contributed by atoms with E-state index in [1.165, 1.54) is 6.42 Å². The number of anilines is 1. The minimum Gasteiger partial charge on any atom is -0.398 e. The lowest BCUT2D eigenvalue weighted by Crippen LogP contribution is -2.40. The molecular weight excluding hydrogens is 256 g/mol. The van der Waals surface area contributed by atoms with Crippen molar-refractivity contribution in [3.63, 3.8) is 0 Å². The van der Waals surface area contributed by atoms with Crippen LogP contribution in [0.5, 0.6) is 0 Å². The lowest BCUT2D eigenvalue weighted by atomic mass is 10.1. The first kappa shape index (κ1) is 14.3. The molecule has 0 spiro atoms. The van der Waals surface area contributed by atoms with Crippen molar-refractivity contribution in [3.8, 4) is 0 Å². The van der Waals surface area contributed by atoms with Gasteiger partial charge in [0.25, 0.3) is 0 Å². The number of piperidine rings is 1. The van der Waals surface area contributed by atoms with Gasteiger partial charge >= 0.3 is 0 Å². The zero-order valence-corrected chi connectivity index (χ0v) is 12.5. The fourth-order valence-electron chi connectivity index (χ4n) is 2.37. The molecule has 2 rings (SSSR count). The molecule has 1 aromatic rings. The Bertz CT molecular complexity index is 455. The van der Waals surface area contributed by atoms with Crippen molar-refractivity contribution in [2.75, 3.05) is 18.8 Å². The normalized spacial score (nSPS) is 17.3. The summed E-state index contributed by atoms with van der Waals surface area (Å²) < 4.78 is 0. The van der Waals surface area contributed by atoms with E-state index in [0.29, 0.717) is 0 Å². The molecular formula is C15H22N2OS. The number of nitrogen functional groups attached to an aromatic ring is 1. The molecule has 1 saturated heterocycles.